The fourth-order valence-electron chi connectivity index (χ4n) is 6.99. The topological polar surface area (TPSA) is 123 Å². The number of nitro groups is 1. The molecule has 4 heterocycles. The van der Waals surface area contributed by atoms with Gasteiger partial charge in [0.15, 0.2) is 11.6 Å². The average Bonchev–Trinajstić information content (AvgIpc) is 3.49. The summed E-state index contributed by atoms with van der Waals surface area (Å²) in [6, 6.07) is 21.8. The van der Waals surface area contributed by atoms with Gasteiger partial charge in [-0.2, -0.15) is 0 Å². The monoisotopic (exact) mass is 556 g/mol. The first-order valence-electron chi connectivity index (χ1n) is 13.5. The van der Waals surface area contributed by atoms with Gasteiger partial charge in [-0.1, -0.05) is 42.5 Å². The summed E-state index contributed by atoms with van der Waals surface area (Å²) in [5, 5.41) is 14.3. The van der Waals surface area contributed by atoms with Gasteiger partial charge in [0.2, 0.25) is 5.91 Å². The first kappa shape index (κ1) is 25.5. The molecule has 1 amide bonds. The number of hydrogen-bond acceptors (Lipinski definition) is 7. The molecule has 0 saturated carbocycles. The SMILES string of the molecule is CC1=CC2N(c3ccccc31)C(C(=O)c1ccc([N+](=O)[O-])cc1)C(C(=O)c1cccnc1)C21C(=O)Nc2ccccc21. The lowest BCUT2D eigenvalue weighted by Gasteiger charge is -2.39. The quantitative estimate of drug-likeness (QED) is 0.203. The van der Waals surface area contributed by atoms with E-state index >= 15 is 0 Å². The largest absolute Gasteiger partial charge is 0.352 e. The van der Waals surface area contributed by atoms with Crippen LogP contribution in [0.25, 0.3) is 5.57 Å². The summed E-state index contributed by atoms with van der Waals surface area (Å²) in [6.07, 6.45) is 5.00. The molecule has 1 fully saturated rings. The lowest BCUT2D eigenvalue weighted by Crippen LogP contribution is -2.51. The number of nitrogens with zero attached hydrogens (tertiary/aromatic N) is 3. The number of hydrogen-bond donors (Lipinski definition) is 1. The van der Waals surface area contributed by atoms with Crippen molar-refractivity contribution < 1.29 is 19.3 Å². The molecule has 1 saturated heterocycles. The number of aromatic nitrogens is 1. The molecule has 7 rings (SSSR count). The second-order valence-corrected chi connectivity index (χ2v) is 10.8. The van der Waals surface area contributed by atoms with Crippen LogP contribution in [0.4, 0.5) is 17.1 Å². The predicted octanol–water partition coefficient (Wildman–Crippen LogP) is 5.24. The molecule has 4 atom stereocenters. The number of nitro benzene ring substituents is 1. The maximum absolute atomic E-state index is 14.7. The number of non-ortho nitro benzene ring substituents is 1. The molecule has 206 valence electrons. The minimum absolute atomic E-state index is 0.152. The summed E-state index contributed by atoms with van der Waals surface area (Å²) in [4.78, 5) is 60.6. The Morgan fingerprint density at radius 3 is 2.40 bits per heavy atom. The number of benzene rings is 3. The summed E-state index contributed by atoms with van der Waals surface area (Å²) in [7, 11) is 0. The Morgan fingerprint density at radius 1 is 0.929 bits per heavy atom. The summed E-state index contributed by atoms with van der Waals surface area (Å²) < 4.78 is 0. The van der Waals surface area contributed by atoms with Crippen molar-refractivity contribution in [2.45, 2.75) is 24.4 Å². The number of nitrogens with one attached hydrogen (secondary N) is 1. The van der Waals surface area contributed by atoms with Crippen molar-refractivity contribution in [3.8, 4) is 0 Å². The number of ketones is 2. The van der Waals surface area contributed by atoms with E-state index < -0.39 is 34.1 Å². The highest BCUT2D eigenvalue weighted by molar-refractivity contribution is 6.18. The van der Waals surface area contributed by atoms with Crippen LogP contribution in [0, 0.1) is 16.0 Å². The Hall–Kier alpha value is -5.44. The Kier molecular flexibility index (Phi) is 5.65. The van der Waals surface area contributed by atoms with E-state index in [1.165, 1.54) is 30.5 Å². The molecule has 9 nitrogen and oxygen atoms in total. The molecule has 3 aliphatic rings. The number of allylic oxidation sites excluding steroid dienone is 1. The molecule has 9 heteroatoms. The Bertz CT molecular complexity index is 1830. The van der Waals surface area contributed by atoms with Gasteiger partial charge in [0.25, 0.3) is 5.69 Å². The second-order valence-electron chi connectivity index (χ2n) is 10.8. The number of Topliss-reactive ketones (excluding diaryl/α,β-unsaturated/α-hetero) is 2. The molecule has 3 aromatic carbocycles. The lowest BCUT2D eigenvalue weighted by molar-refractivity contribution is -0.384. The Labute approximate surface area is 240 Å². The third-order valence-corrected chi connectivity index (χ3v) is 8.74. The fourth-order valence-corrected chi connectivity index (χ4v) is 6.99. The van der Waals surface area contributed by atoms with E-state index in [-0.39, 0.29) is 28.5 Å². The van der Waals surface area contributed by atoms with Crippen molar-refractivity contribution in [1.82, 2.24) is 4.98 Å². The Balaban J connectivity index is 1.53. The van der Waals surface area contributed by atoms with Gasteiger partial charge < -0.3 is 10.2 Å². The van der Waals surface area contributed by atoms with Gasteiger partial charge in [-0.15, -0.1) is 0 Å². The molecular formula is C33H24N4O5. The highest BCUT2D eigenvalue weighted by Crippen LogP contribution is 2.58. The van der Waals surface area contributed by atoms with Crippen molar-refractivity contribution in [3.63, 3.8) is 0 Å². The van der Waals surface area contributed by atoms with E-state index in [1.807, 2.05) is 60.4 Å². The van der Waals surface area contributed by atoms with E-state index in [0.717, 1.165) is 16.8 Å². The number of carbonyl (C=O) groups excluding carboxylic acids is 3. The number of amides is 1. The van der Waals surface area contributed by atoms with Crippen molar-refractivity contribution in [2.24, 2.45) is 5.92 Å². The molecular weight excluding hydrogens is 532 g/mol. The van der Waals surface area contributed by atoms with Crippen LogP contribution in [-0.4, -0.2) is 39.5 Å². The fraction of sp³-hybridized carbons (Fsp3) is 0.152. The van der Waals surface area contributed by atoms with E-state index in [2.05, 4.69) is 10.3 Å². The zero-order chi connectivity index (χ0) is 29.2. The zero-order valence-electron chi connectivity index (χ0n) is 22.4. The zero-order valence-corrected chi connectivity index (χ0v) is 22.4. The lowest BCUT2D eigenvalue weighted by atomic mass is 9.64. The van der Waals surface area contributed by atoms with Crippen LogP contribution in [-0.2, 0) is 10.2 Å². The van der Waals surface area contributed by atoms with Crippen LogP contribution < -0.4 is 10.2 Å². The van der Waals surface area contributed by atoms with E-state index in [1.54, 1.807) is 24.4 Å². The number of anilines is 2. The van der Waals surface area contributed by atoms with Crippen molar-refractivity contribution >= 4 is 40.1 Å². The second kappa shape index (κ2) is 9.31. The summed E-state index contributed by atoms with van der Waals surface area (Å²) in [6.45, 7) is 1.96. The van der Waals surface area contributed by atoms with Gasteiger partial charge in [0, 0.05) is 52.6 Å². The summed E-state index contributed by atoms with van der Waals surface area (Å²) >= 11 is 0. The molecule has 0 radical (unpaired) electrons. The van der Waals surface area contributed by atoms with Crippen LogP contribution in [0.5, 0.6) is 0 Å². The molecule has 4 aromatic rings. The van der Waals surface area contributed by atoms with Gasteiger partial charge in [-0.25, -0.2) is 0 Å². The number of rotatable bonds is 5. The normalized spacial score (nSPS) is 23.5. The molecule has 0 bridgehead atoms. The minimum atomic E-state index is -1.45. The van der Waals surface area contributed by atoms with Crippen molar-refractivity contribution in [3.05, 3.63) is 136 Å². The van der Waals surface area contributed by atoms with Crippen LogP contribution in [0.1, 0.15) is 38.8 Å². The predicted molar refractivity (Wildman–Crippen MR) is 156 cm³/mol. The van der Waals surface area contributed by atoms with Gasteiger partial charge in [0.1, 0.15) is 11.5 Å². The highest BCUT2D eigenvalue weighted by Gasteiger charge is 2.70. The molecule has 3 aliphatic heterocycles. The first-order valence-corrected chi connectivity index (χ1v) is 13.5. The van der Waals surface area contributed by atoms with Gasteiger partial charge in [-0.05, 0) is 54.5 Å². The highest BCUT2D eigenvalue weighted by atomic mass is 16.6. The van der Waals surface area contributed by atoms with Gasteiger partial charge >= 0.3 is 0 Å². The van der Waals surface area contributed by atoms with E-state index in [4.69, 9.17) is 0 Å². The standard InChI is InChI=1S/C33H24N4O5/c1-19-17-27-33(24-9-3-4-10-25(24)35-32(33)40)28(30(38)21-7-6-16-34-18-21)29(36(27)26-11-5-2-8-23(19)26)31(39)20-12-14-22(15-13-20)37(41)42/h2-18,27-29H,1H3,(H,35,40). The van der Waals surface area contributed by atoms with Crippen molar-refractivity contribution in [2.75, 3.05) is 10.2 Å². The first-order chi connectivity index (χ1) is 20.3. The molecule has 1 spiro atoms. The molecule has 1 N–H and O–H groups in total. The maximum Gasteiger partial charge on any atom is 0.269 e. The maximum atomic E-state index is 14.7. The smallest absolute Gasteiger partial charge is 0.269 e. The van der Waals surface area contributed by atoms with E-state index in [0.29, 0.717) is 11.3 Å². The minimum Gasteiger partial charge on any atom is -0.352 e. The molecule has 42 heavy (non-hydrogen) atoms. The third-order valence-electron chi connectivity index (χ3n) is 8.74. The van der Waals surface area contributed by atoms with Crippen molar-refractivity contribution in [1.29, 1.82) is 0 Å². The number of fused-ring (bicyclic) bond motifs is 6. The average molecular weight is 557 g/mol. The van der Waals surface area contributed by atoms with Crippen LogP contribution in [0.15, 0.2) is 103 Å². The van der Waals surface area contributed by atoms with Gasteiger partial charge in [-0.3, -0.25) is 29.5 Å². The summed E-state index contributed by atoms with van der Waals surface area (Å²) in [5.41, 5.74) is 2.71. The van der Waals surface area contributed by atoms with Crippen LogP contribution in [0.2, 0.25) is 0 Å². The number of carbonyl (C=O) groups is 3. The van der Waals surface area contributed by atoms with Crippen LogP contribution in [0.3, 0.4) is 0 Å². The third kappa shape index (κ3) is 3.43. The van der Waals surface area contributed by atoms with E-state index in [9.17, 15) is 24.5 Å². The van der Waals surface area contributed by atoms with Crippen LogP contribution >= 0.6 is 0 Å². The molecule has 4 unspecified atom stereocenters. The number of para-hydroxylation sites is 2. The summed E-state index contributed by atoms with van der Waals surface area (Å²) in [5.74, 6) is -2.29. The molecule has 0 aliphatic carbocycles. The molecule has 1 aromatic heterocycles. The van der Waals surface area contributed by atoms with Gasteiger partial charge in [0.05, 0.1) is 16.9 Å². The number of pyridine rings is 1. The Morgan fingerprint density at radius 2 is 1.67 bits per heavy atom.